The first-order chi connectivity index (χ1) is 5.27. The third-order valence-electron chi connectivity index (χ3n) is 1.56. The summed E-state index contributed by atoms with van der Waals surface area (Å²) in [5.41, 5.74) is 1.52. The van der Waals surface area contributed by atoms with Gasteiger partial charge in [0, 0.05) is 11.8 Å². The van der Waals surface area contributed by atoms with Gasteiger partial charge < -0.3 is 4.72 Å². The van der Waals surface area contributed by atoms with E-state index in [-0.39, 0.29) is 0 Å². The van der Waals surface area contributed by atoms with E-state index in [0.29, 0.717) is 11.4 Å². The summed E-state index contributed by atoms with van der Waals surface area (Å²) in [4.78, 5) is 0. The molecule has 1 nitrogen and oxygen atoms in total. The molecule has 0 atom stereocenters. The van der Waals surface area contributed by atoms with Crippen molar-refractivity contribution in [2.24, 2.45) is 0 Å². The van der Waals surface area contributed by atoms with Gasteiger partial charge in [-0.15, -0.1) is 0 Å². The molecule has 0 spiro atoms. The van der Waals surface area contributed by atoms with Crippen LogP contribution in [0.3, 0.4) is 0 Å². The van der Waals surface area contributed by atoms with E-state index in [4.69, 9.17) is 0 Å². The summed E-state index contributed by atoms with van der Waals surface area (Å²) in [6, 6.07) is 2.42. The zero-order valence-electron chi connectivity index (χ0n) is 5.53. The highest BCUT2D eigenvalue weighted by molar-refractivity contribution is 8.00. The Balaban J connectivity index is 2.57. The van der Waals surface area contributed by atoms with Crippen molar-refractivity contribution in [2.75, 3.05) is 4.72 Å². The van der Waals surface area contributed by atoms with Crippen molar-refractivity contribution in [3.63, 3.8) is 0 Å². The Bertz CT molecular complexity index is 272. The molecule has 0 saturated carbocycles. The molecule has 1 aromatic rings. The van der Waals surface area contributed by atoms with Gasteiger partial charge in [-0.2, -0.15) is 0 Å². The van der Waals surface area contributed by atoms with Crippen LogP contribution in [-0.2, 0) is 5.75 Å². The van der Waals surface area contributed by atoms with Crippen LogP contribution in [0.1, 0.15) is 5.56 Å². The lowest BCUT2D eigenvalue weighted by Gasteiger charge is -1.98. The van der Waals surface area contributed by atoms with Crippen molar-refractivity contribution >= 4 is 17.6 Å². The van der Waals surface area contributed by atoms with Crippen molar-refractivity contribution in [1.29, 1.82) is 0 Å². The van der Waals surface area contributed by atoms with E-state index in [1.165, 1.54) is 24.1 Å². The molecule has 1 aromatic carbocycles. The Kier molecular flexibility index (Phi) is 1.49. The maximum Gasteiger partial charge on any atom is 0.160 e. The molecule has 0 bridgehead atoms. The molecule has 4 heteroatoms. The van der Waals surface area contributed by atoms with Crippen molar-refractivity contribution in [3.05, 3.63) is 29.3 Å². The van der Waals surface area contributed by atoms with Gasteiger partial charge in [0.05, 0.1) is 5.69 Å². The van der Waals surface area contributed by atoms with Crippen molar-refractivity contribution in [1.82, 2.24) is 0 Å². The number of anilines is 1. The summed E-state index contributed by atoms with van der Waals surface area (Å²) in [7, 11) is 0. The van der Waals surface area contributed by atoms with E-state index in [9.17, 15) is 8.78 Å². The third kappa shape index (κ3) is 1.07. The fourth-order valence-corrected chi connectivity index (χ4v) is 1.81. The molecule has 1 N–H and O–H groups in total. The first-order valence-electron chi connectivity index (χ1n) is 3.13. The highest BCUT2D eigenvalue weighted by Gasteiger charge is 2.14. The number of hydrogen-bond acceptors (Lipinski definition) is 2. The lowest BCUT2D eigenvalue weighted by Crippen LogP contribution is -1.87. The Morgan fingerprint density at radius 2 is 2.00 bits per heavy atom. The van der Waals surface area contributed by atoms with Crippen LogP contribution in [0.2, 0.25) is 0 Å². The fraction of sp³-hybridized carbons (Fsp3) is 0.143. The quantitative estimate of drug-likeness (QED) is 0.605. The molecule has 0 radical (unpaired) electrons. The maximum atomic E-state index is 12.6. The van der Waals surface area contributed by atoms with Gasteiger partial charge >= 0.3 is 0 Å². The van der Waals surface area contributed by atoms with E-state index in [0.717, 1.165) is 5.56 Å². The van der Waals surface area contributed by atoms with E-state index >= 15 is 0 Å². The normalized spacial score (nSPS) is 14.4. The molecule has 0 saturated heterocycles. The van der Waals surface area contributed by atoms with E-state index in [1.807, 2.05) is 0 Å². The molecule has 2 rings (SSSR count). The van der Waals surface area contributed by atoms with Crippen molar-refractivity contribution in [3.8, 4) is 0 Å². The molecular weight excluding hydrogens is 168 g/mol. The Morgan fingerprint density at radius 1 is 1.27 bits per heavy atom. The van der Waals surface area contributed by atoms with Crippen molar-refractivity contribution < 1.29 is 8.78 Å². The van der Waals surface area contributed by atoms with E-state index < -0.39 is 11.6 Å². The summed E-state index contributed by atoms with van der Waals surface area (Å²) in [5.74, 6) is -0.862. The van der Waals surface area contributed by atoms with Crippen LogP contribution in [0.5, 0.6) is 0 Å². The molecule has 11 heavy (non-hydrogen) atoms. The number of halogens is 2. The smallest absolute Gasteiger partial charge is 0.160 e. The second kappa shape index (κ2) is 2.37. The van der Waals surface area contributed by atoms with Gasteiger partial charge in [-0.25, -0.2) is 8.78 Å². The molecule has 1 aliphatic rings. The number of fused-ring (bicyclic) bond motifs is 1. The molecule has 0 unspecified atom stereocenters. The highest BCUT2D eigenvalue weighted by atomic mass is 32.2. The van der Waals surface area contributed by atoms with Gasteiger partial charge in [0.15, 0.2) is 11.6 Å². The molecule has 0 aromatic heterocycles. The Morgan fingerprint density at radius 3 is 2.82 bits per heavy atom. The number of nitrogens with one attached hydrogen (secondary N) is 1. The van der Waals surface area contributed by atoms with E-state index in [1.54, 1.807) is 0 Å². The lowest BCUT2D eigenvalue weighted by molar-refractivity contribution is 0.508. The second-order valence-electron chi connectivity index (χ2n) is 2.31. The summed E-state index contributed by atoms with van der Waals surface area (Å²) >= 11 is 1.44. The van der Waals surface area contributed by atoms with Gasteiger partial charge in [-0.3, -0.25) is 0 Å². The van der Waals surface area contributed by atoms with Gasteiger partial charge in [0.1, 0.15) is 0 Å². The SMILES string of the molecule is Fc1cc2c(cc1F)NSC2. The van der Waals surface area contributed by atoms with Gasteiger partial charge in [-0.05, 0) is 23.6 Å². The zero-order chi connectivity index (χ0) is 7.84. The van der Waals surface area contributed by atoms with E-state index in [2.05, 4.69) is 4.72 Å². The predicted octanol–water partition coefficient (Wildman–Crippen LogP) is 2.54. The van der Waals surface area contributed by atoms with Gasteiger partial charge in [0.2, 0.25) is 0 Å². The first kappa shape index (κ1) is 6.91. The number of rotatable bonds is 0. The minimum absolute atomic E-state index is 0.689. The number of hydrogen-bond donors (Lipinski definition) is 1. The average Bonchev–Trinajstić information content (AvgIpc) is 2.36. The second-order valence-corrected chi connectivity index (χ2v) is 3.10. The summed E-state index contributed by atoms with van der Waals surface area (Å²) in [6.07, 6.45) is 0. The number of benzene rings is 1. The highest BCUT2D eigenvalue weighted by Crippen LogP contribution is 2.31. The first-order valence-corrected chi connectivity index (χ1v) is 4.11. The predicted molar refractivity (Wildman–Crippen MR) is 41.3 cm³/mol. The molecule has 58 valence electrons. The van der Waals surface area contributed by atoms with Crippen LogP contribution in [0.4, 0.5) is 14.5 Å². The zero-order valence-corrected chi connectivity index (χ0v) is 6.34. The van der Waals surface area contributed by atoms with Crippen LogP contribution in [0.15, 0.2) is 12.1 Å². The maximum absolute atomic E-state index is 12.6. The molecule has 1 aliphatic heterocycles. The standard InChI is InChI=1S/C7H5F2NS/c8-5-1-4-3-11-10-7(4)2-6(5)9/h1-2,10H,3H2. The molecule has 0 fully saturated rings. The van der Waals surface area contributed by atoms with Crippen LogP contribution in [0.25, 0.3) is 0 Å². The fourth-order valence-electron chi connectivity index (χ4n) is 0.994. The minimum atomic E-state index is -0.793. The lowest BCUT2D eigenvalue weighted by atomic mass is 10.2. The van der Waals surface area contributed by atoms with Crippen LogP contribution in [-0.4, -0.2) is 0 Å². The van der Waals surface area contributed by atoms with Crippen LogP contribution < -0.4 is 4.72 Å². The molecule has 0 amide bonds. The molecular formula is C7H5F2NS. The largest absolute Gasteiger partial charge is 0.329 e. The van der Waals surface area contributed by atoms with Gasteiger partial charge in [0.25, 0.3) is 0 Å². The Hall–Kier alpha value is -0.770. The summed E-state index contributed by atoms with van der Waals surface area (Å²) in [6.45, 7) is 0. The van der Waals surface area contributed by atoms with Crippen molar-refractivity contribution in [2.45, 2.75) is 5.75 Å². The van der Waals surface area contributed by atoms with Crippen LogP contribution in [0, 0.1) is 11.6 Å². The Labute approximate surface area is 66.9 Å². The molecule has 1 heterocycles. The monoisotopic (exact) mass is 173 g/mol. The molecule has 0 aliphatic carbocycles. The summed E-state index contributed by atoms with van der Waals surface area (Å²) < 4.78 is 28.0. The van der Waals surface area contributed by atoms with Crippen LogP contribution >= 0.6 is 11.9 Å². The third-order valence-corrected chi connectivity index (χ3v) is 2.38. The average molecular weight is 173 g/mol. The topological polar surface area (TPSA) is 12.0 Å². The summed E-state index contributed by atoms with van der Waals surface area (Å²) in [5, 5.41) is 0. The minimum Gasteiger partial charge on any atom is -0.329 e. The van der Waals surface area contributed by atoms with Gasteiger partial charge in [-0.1, -0.05) is 0 Å².